The summed E-state index contributed by atoms with van der Waals surface area (Å²) >= 11 is 0. The van der Waals surface area contributed by atoms with Crippen molar-refractivity contribution < 1.29 is 9.18 Å². The Hall–Kier alpha value is -1.44. The second-order valence-electron chi connectivity index (χ2n) is 2.95. The van der Waals surface area contributed by atoms with Crippen molar-refractivity contribution in [3.8, 4) is 0 Å². The molecule has 0 aliphatic carbocycles. The van der Waals surface area contributed by atoms with Gasteiger partial charge in [-0.1, -0.05) is 6.08 Å². The van der Waals surface area contributed by atoms with Gasteiger partial charge in [-0.25, -0.2) is 4.39 Å². The van der Waals surface area contributed by atoms with E-state index in [1.807, 2.05) is 13.8 Å². The second kappa shape index (κ2) is 3.99. The fourth-order valence-electron chi connectivity index (χ4n) is 1.32. The third-order valence-corrected chi connectivity index (χ3v) is 1.90. The Labute approximate surface area is 76.9 Å². The summed E-state index contributed by atoms with van der Waals surface area (Å²) in [5.74, 6) is -0.238. The molecule has 2 heteroatoms. The number of carbonyl (C=O) groups is 1. The summed E-state index contributed by atoms with van der Waals surface area (Å²) in [7, 11) is 0. The highest BCUT2D eigenvalue weighted by molar-refractivity contribution is 5.75. The van der Waals surface area contributed by atoms with Crippen LogP contribution < -0.4 is 0 Å². The predicted molar refractivity (Wildman–Crippen MR) is 51.0 cm³/mol. The quantitative estimate of drug-likeness (QED) is 0.502. The fraction of sp³-hybridized carbons (Fsp3) is 0.182. The smallest absolute Gasteiger partial charge is 0.142 e. The average molecular weight is 178 g/mol. The summed E-state index contributed by atoms with van der Waals surface area (Å²) in [5, 5.41) is 0. The van der Waals surface area contributed by atoms with Crippen LogP contribution in [0.5, 0.6) is 0 Å². The van der Waals surface area contributed by atoms with Crippen molar-refractivity contribution in [3.05, 3.63) is 40.7 Å². The van der Waals surface area contributed by atoms with Crippen LogP contribution in [0.25, 0.3) is 6.08 Å². The molecule has 1 aromatic carbocycles. The first kappa shape index (κ1) is 9.65. The number of benzene rings is 1. The predicted octanol–water partition coefficient (Wildman–Crippen LogP) is 2.65. The zero-order valence-corrected chi connectivity index (χ0v) is 7.67. The van der Waals surface area contributed by atoms with E-state index < -0.39 is 0 Å². The number of allylic oxidation sites excluding steroid dienone is 1. The average Bonchev–Trinajstić information content (AvgIpc) is 2.02. The Bertz CT molecular complexity index is 330. The fourth-order valence-corrected chi connectivity index (χ4v) is 1.32. The van der Waals surface area contributed by atoms with Gasteiger partial charge in [-0.2, -0.15) is 0 Å². The van der Waals surface area contributed by atoms with Crippen LogP contribution in [0.15, 0.2) is 18.2 Å². The van der Waals surface area contributed by atoms with Gasteiger partial charge in [-0.15, -0.1) is 0 Å². The van der Waals surface area contributed by atoms with Gasteiger partial charge in [0.2, 0.25) is 0 Å². The highest BCUT2D eigenvalue weighted by Crippen LogP contribution is 2.16. The Kier molecular flexibility index (Phi) is 2.96. The number of carbonyl (C=O) groups excluding carboxylic acids is 1. The highest BCUT2D eigenvalue weighted by atomic mass is 19.1. The molecule has 1 rings (SSSR count). The molecule has 0 amide bonds. The first-order valence-corrected chi connectivity index (χ1v) is 4.03. The number of hydrogen-bond acceptors (Lipinski definition) is 1. The van der Waals surface area contributed by atoms with E-state index in [-0.39, 0.29) is 5.82 Å². The van der Waals surface area contributed by atoms with Gasteiger partial charge in [0, 0.05) is 0 Å². The third kappa shape index (κ3) is 2.25. The molecule has 0 radical (unpaired) electrons. The van der Waals surface area contributed by atoms with E-state index in [9.17, 15) is 9.18 Å². The summed E-state index contributed by atoms with van der Waals surface area (Å²) in [4.78, 5) is 10.1. The van der Waals surface area contributed by atoms with Gasteiger partial charge in [0.25, 0.3) is 0 Å². The molecule has 0 aliphatic rings. The SMILES string of the molecule is Cc1cc(F)cc(C)c1C=CC=O. The summed E-state index contributed by atoms with van der Waals surface area (Å²) in [6.07, 6.45) is 3.81. The van der Waals surface area contributed by atoms with Crippen molar-refractivity contribution in [1.29, 1.82) is 0 Å². The minimum Gasteiger partial charge on any atom is -0.299 e. The summed E-state index contributed by atoms with van der Waals surface area (Å²) < 4.78 is 12.8. The van der Waals surface area contributed by atoms with E-state index in [4.69, 9.17) is 0 Å². The zero-order valence-electron chi connectivity index (χ0n) is 7.67. The molecule has 0 saturated carbocycles. The minimum absolute atomic E-state index is 0.238. The van der Waals surface area contributed by atoms with Gasteiger partial charge in [0.15, 0.2) is 0 Å². The molecular weight excluding hydrogens is 167 g/mol. The van der Waals surface area contributed by atoms with Crippen molar-refractivity contribution in [2.45, 2.75) is 13.8 Å². The Morgan fingerprint density at radius 2 is 1.77 bits per heavy atom. The number of halogens is 1. The first-order chi connectivity index (χ1) is 6.15. The van der Waals surface area contributed by atoms with Crippen LogP contribution in [0, 0.1) is 19.7 Å². The molecule has 0 unspecified atom stereocenters. The van der Waals surface area contributed by atoms with Crippen molar-refractivity contribution in [2.75, 3.05) is 0 Å². The lowest BCUT2D eigenvalue weighted by Crippen LogP contribution is -1.88. The molecule has 0 spiro atoms. The largest absolute Gasteiger partial charge is 0.299 e. The maximum absolute atomic E-state index is 12.8. The molecule has 13 heavy (non-hydrogen) atoms. The van der Waals surface area contributed by atoms with Crippen LogP contribution in [0.4, 0.5) is 4.39 Å². The maximum atomic E-state index is 12.8. The van der Waals surface area contributed by atoms with Crippen LogP contribution in [0.1, 0.15) is 16.7 Å². The molecule has 0 heterocycles. The maximum Gasteiger partial charge on any atom is 0.142 e. The van der Waals surface area contributed by atoms with Gasteiger partial charge in [-0.3, -0.25) is 4.79 Å². The van der Waals surface area contributed by atoms with E-state index in [0.717, 1.165) is 16.7 Å². The summed E-state index contributed by atoms with van der Waals surface area (Å²) in [5.41, 5.74) is 2.60. The first-order valence-electron chi connectivity index (χ1n) is 4.03. The van der Waals surface area contributed by atoms with Crippen LogP contribution in [0.3, 0.4) is 0 Å². The number of aldehydes is 1. The topological polar surface area (TPSA) is 17.1 Å². The molecule has 0 aliphatic heterocycles. The molecule has 0 bridgehead atoms. The van der Waals surface area contributed by atoms with Crippen molar-refractivity contribution in [1.82, 2.24) is 0 Å². The number of aryl methyl sites for hydroxylation is 2. The molecular formula is C11H11FO. The number of rotatable bonds is 2. The lowest BCUT2D eigenvalue weighted by atomic mass is 10.0. The van der Waals surface area contributed by atoms with Gasteiger partial charge < -0.3 is 0 Å². The molecule has 0 N–H and O–H groups in total. The van der Waals surface area contributed by atoms with E-state index in [0.29, 0.717) is 6.29 Å². The molecule has 0 atom stereocenters. The standard InChI is InChI=1S/C11H11FO/c1-8-6-10(12)7-9(2)11(8)4-3-5-13/h3-7H,1-2H3. The monoisotopic (exact) mass is 178 g/mol. The van der Waals surface area contributed by atoms with E-state index in [1.165, 1.54) is 18.2 Å². The molecule has 1 nitrogen and oxygen atoms in total. The Morgan fingerprint density at radius 1 is 1.23 bits per heavy atom. The minimum atomic E-state index is -0.238. The van der Waals surface area contributed by atoms with Crippen LogP contribution in [-0.4, -0.2) is 6.29 Å². The van der Waals surface area contributed by atoms with E-state index in [1.54, 1.807) is 6.08 Å². The van der Waals surface area contributed by atoms with Crippen molar-refractivity contribution >= 4 is 12.4 Å². The molecule has 0 saturated heterocycles. The number of hydrogen-bond donors (Lipinski definition) is 0. The normalized spacial score (nSPS) is 10.7. The van der Waals surface area contributed by atoms with Crippen LogP contribution >= 0.6 is 0 Å². The Morgan fingerprint density at radius 3 is 2.23 bits per heavy atom. The van der Waals surface area contributed by atoms with Crippen LogP contribution in [-0.2, 0) is 4.79 Å². The Balaban J connectivity index is 3.20. The second-order valence-corrected chi connectivity index (χ2v) is 2.95. The van der Waals surface area contributed by atoms with Gasteiger partial charge in [0.05, 0.1) is 0 Å². The van der Waals surface area contributed by atoms with Gasteiger partial charge >= 0.3 is 0 Å². The van der Waals surface area contributed by atoms with E-state index in [2.05, 4.69) is 0 Å². The highest BCUT2D eigenvalue weighted by Gasteiger charge is 2.01. The molecule has 0 aromatic heterocycles. The van der Waals surface area contributed by atoms with Crippen molar-refractivity contribution in [2.24, 2.45) is 0 Å². The van der Waals surface area contributed by atoms with Gasteiger partial charge in [0.1, 0.15) is 12.1 Å². The molecule has 68 valence electrons. The summed E-state index contributed by atoms with van der Waals surface area (Å²) in [6.45, 7) is 3.64. The lowest BCUT2D eigenvalue weighted by molar-refractivity contribution is -0.104. The van der Waals surface area contributed by atoms with Crippen molar-refractivity contribution in [3.63, 3.8) is 0 Å². The lowest BCUT2D eigenvalue weighted by Gasteiger charge is -2.04. The molecule has 0 fully saturated rings. The van der Waals surface area contributed by atoms with Gasteiger partial charge in [-0.05, 0) is 48.7 Å². The zero-order chi connectivity index (χ0) is 9.84. The third-order valence-electron chi connectivity index (χ3n) is 1.90. The molecule has 1 aromatic rings. The summed E-state index contributed by atoms with van der Waals surface area (Å²) in [6, 6.07) is 2.91. The van der Waals surface area contributed by atoms with Crippen LogP contribution in [0.2, 0.25) is 0 Å². The van der Waals surface area contributed by atoms with E-state index >= 15 is 0 Å².